The second-order valence-electron chi connectivity index (χ2n) is 36.7. The van der Waals surface area contributed by atoms with Crippen LogP contribution in [0.4, 0.5) is 8.78 Å². The Morgan fingerprint density at radius 3 is 1.16 bits per heavy atom. The highest BCUT2D eigenvalue weighted by Gasteiger charge is 2.42. The predicted octanol–water partition coefficient (Wildman–Crippen LogP) is 20.6. The molecule has 13 atom stereocenters. The van der Waals surface area contributed by atoms with Gasteiger partial charge in [0.1, 0.15) is 48.7 Å². The van der Waals surface area contributed by atoms with E-state index in [9.17, 15) is 23.2 Å². The van der Waals surface area contributed by atoms with E-state index >= 15 is 0 Å². The van der Waals surface area contributed by atoms with Gasteiger partial charge in [0.25, 0.3) is 0 Å². The predicted molar refractivity (Wildman–Crippen MR) is 488 cm³/mol. The highest BCUT2D eigenvalue weighted by molar-refractivity contribution is 5.81. The number of Topliss-reactive ketones (excluding diaryl/α,β-unsaturated/α-hetero) is 2. The summed E-state index contributed by atoms with van der Waals surface area (Å²) >= 11 is 0. The minimum absolute atomic E-state index is 0.199. The van der Waals surface area contributed by atoms with E-state index in [0.29, 0.717) is 121 Å². The molecule has 9 aromatic rings. The van der Waals surface area contributed by atoms with Gasteiger partial charge in [0.15, 0.2) is 11.6 Å². The van der Waals surface area contributed by atoms with Crippen LogP contribution in [0.25, 0.3) is 0 Å². The number of ketones is 2. The molecule has 6 unspecified atom stereocenters. The quantitative estimate of drug-likeness (QED) is 0.0319. The molecule has 4 N–H and O–H groups in total. The Morgan fingerprint density at radius 1 is 0.393 bits per heavy atom. The van der Waals surface area contributed by atoms with Crippen molar-refractivity contribution in [3.8, 4) is 17.2 Å². The summed E-state index contributed by atoms with van der Waals surface area (Å²) in [6.07, 6.45) is 20.2. The van der Waals surface area contributed by atoms with Gasteiger partial charge in [0.05, 0.1) is 19.6 Å². The summed E-state index contributed by atoms with van der Waals surface area (Å²) in [5, 5.41) is 14.0. The molecule has 8 saturated carbocycles. The molecule has 2 saturated heterocycles. The van der Waals surface area contributed by atoms with E-state index in [0.717, 1.165) is 86.7 Å². The van der Waals surface area contributed by atoms with Crippen molar-refractivity contribution in [2.45, 2.75) is 209 Å². The van der Waals surface area contributed by atoms with Crippen molar-refractivity contribution >= 4 is 17.5 Å². The Hall–Kier alpha value is -9.19. The maximum atomic E-state index is 14.0. The van der Waals surface area contributed by atoms with Crippen LogP contribution >= 0.6 is 0 Å². The number of benzene rings is 9. The van der Waals surface area contributed by atoms with E-state index < -0.39 is 11.6 Å². The number of rotatable bonds is 32. The summed E-state index contributed by atoms with van der Waals surface area (Å²) in [7, 11) is 2.21. The number of nitrogens with zero attached hydrogens (tertiary/aromatic N) is 3. The second kappa shape index (κ2) is 45.4. The number of ether oxygens (including phenoxy) is 3. The molecule has 0 bridgehead atoms. The van der Waals surface area contributed by atoms with E-state index in [-0.39, 0.29) is 24.2 Å². The number of hydrogen-bond donors (Lipinski definition) is 4. The first-order valence-corrected chi connectivity index (χ1v) is 46.1. The molecule has 646 valence electrons. The van der Waals surface area contributed by atoms with E-state index in [1.54, 1.807) is 0 Å². The van der Waals surface area contributed by atoms with Crippen LogP contribution in [0.2, 0.25) is 0 Å². The normalized spacial score (nSPS) is 24.6. The van der Waals surface area contributed by atoms with Crippen LogP contribution < -0.4 is 35.5 Å². The Kier molecular flexibility index (Phi) is 33.2. The molecule has 0 radical (unpaired) electrons. The summed E-state index contributed by atoms with van der Waals surface area (Å²) in [6.45, 7) is 18.8. The first-order valence-electron chi connectivity index (χ1n) is 46.1. The highest BCUT2D eigenvalue weighted by Crippen LogP contribution is 2.52. The lowest BCUT2D eigenvalue weighted by atomic mass is 10.0. The lowest BCUT2D eigenvalue weighted by molar-refractivity contribution is -0.129. The molecule has 9 aromatic carbocycles. The van der Waals surface area contributed by atoms with Gasteiger partial charge in [-0.3, -0.25) is 19.3 Å². The molecule has 19 rings (SSSR count). The summed E-state index contributed by atoms with van der Waals surface area (Å²) in [5.74, 6) is 8.91. The monoisotopic (exact) mass is 1650 g/mol. The Morgan fingerprint density at radius 2 is 0.762 bits per heavy atom. The van der Waals surface area contributed by atoms with Crippen LogP contribution in [-0.4, -0.2) is 135 Å². The van der Waals surface area contributed by atoms with Gasteiger partial charge in [0, 0.05) is 125 Å². The third kappa shape index (κ3) is 28.7. The van der Waals surface area contributed by atoms with Crippen LogP contribution in [0, 0.1) is 41.2 Å². The molecule has 0 spiro atoms. The maximum Gasteiger partial charge on any atom is 0.236 e. The fourth-order valence-corrected chi connectivity index (χ4v) is 18.3. The van der Waals surface area contributed by atoms with E-state index in [1.165, 1.54) is 155 Å². The van der Waals surface area contributed by atoms with Crippen LogP contribution in [0.15, 0.2) is 243 Å². The van der Waals surface area contributed by atoms with Crippen LogP contribution in [-0.2, 0) is 34.2 Å². The van der Waals surface area contributed by atoms with Crippen molar-refractivity contribution in [1.82, 2.24) is 36.0 Å². The largest absolute Gasteiger partial charge is 0.489 e. The van der Waals surface area contributed by atoms with Gasteiger partial charge in [-0.25, -0.2) is 8.78 Å². The lowest BCUT2D eigenvalue weighted by Gasteiger charge is -2.32. The first kappa shape index (κ1) is 89.1. The van der Waals surface area contributed by atoms with Crippen molar-refractivity contribution in [1.29, 1.82) is 0 Å². The summed E-state index contributed by atoms with van der Waals surface area (Å²) in [6, 6.07) is 83.7. The molecule has 2 aliphatic heterocycles. The number of piperazine rings is 1. The molecule has 15 heteroatoms. The number of amides is 1. The van der Waals surface area contributed by atoms with E-state index in [4.69, 9.17) is 14.2 Å². The SMILES string of the molecule is CN1CCN(CCN[C@@H]2C[C@H]2c2ccc(OCc3ccccc3)cc2)CC1.C[C@@H]1CCN(C(=O)CNC2CC2c2ccccc2)C1.C[C@@H]1C[C@H]1c1ccc(OCc2ccccc2)cc1.C[C@H]1C[C@@H]1c1cc(F)cc(F)c1OCc1ccccc1.O=C(CNC1CC1c1ccccc1)CC1CCCC1.O=C(CNC1CC1c1ccccc1)CC1CCCC1. The average Bonchev–Trinajstić information content (AvgIpc) is 1.64. The fraction of sp³-hybridized carbons (Fsp3) is 0.467. The van der Waals surface area contributed by atoms with Gasteiger partial charge < -0.3 is 45.3 Å². The third-order valence-corrected chi connectivity index (χ3v) is 26.7. The minimum atomic E-state index is -0.616. The molecule has 10 aliphatic rings. The van der Waals surface area contributed by atoms with Gasteiger partial charge in [-0.15, -0.1) is 0 Å². The van der Waals surface area contributed by atoms with Gasteiger partial charge >= 0.3 is 0 Å². The van der Waals surface area contributed by atoms with Crippen molar-refractivity contribution in [2.24, 2.45) is 29.6 Å². The number of nitrogens with one attached hydrogen (secondary N) is 4. The van der Waals surface area contributed by atoms with Crippen molar-refractivity contribution in [3.05, 3.63) is 304 Å². The number of likely N-dealkylation sites (N-methyl/N-ethyl adjacent to an activating group) is 1. The summed E-state index contributed by atoms with van der Waals surface area (Å²) < 4.78 is 44.6. The Balaban J connectivity index is 0.000000120. The smallest absolute Gasteiger partial charge is 0.236 e. The maximum absolute atomic E-state index is 14.0. The highest BCUT2D eigenvalue weighted by atomic mass is 19.1. The van der Waals surface area contributed by atoms with Crippen molar-refractivity contribution in [3.63, 3.8) is 0 Å². The molecular formula is C107H133F2N7O6. The Bertz CT molecular complexity index is 4530. The summed E-state index contributed by atoms with van der Waals surface area (Å²) in [4.78, 5) is 42.8. The molecule has 10 fully saturated rings. The zero-order chi connectivity index (χ0) is 84.4. The third-order valence-electron chi connectivity index (χ3n) is 26.7. The van der Waals surface area contributed by atoms with Gasteiger partial charge in [-0.2, -0.15) is 0 Å². The van der Waals surface area contributed by atoms with Crippen LogP contribution in [0.5, 0.6) is 17.2 Å². The second-order valence-corrected chi connectivity index (χ2v) is 36.7. The molecule has 2 heterocycles. The minimum Gasteiger partial charge on any atom is -0.489 e. The van der Waals surface area contributed by atoms with Crippen LogP contribution in [0.3, 0.4) is 0 Å². The van der Waals surface area contributed by atoms with E-state index in [1.807, 2.05) is 77.7 Å². The van der Waals surface area contributed by atoms with Gasteiger partial charge in [-0.05, 0) is 168 Å². The zero-order valence-electron chi connectivity index (χ0n) is 72.7. The average molecular weight is 1650 g/mol. The Labute approximate surface area is 726 Å². The molecular weight excluding hydrogens is 1520 g/mol. The van der Waals surface area contributed by atoms with Crippen LogP contribution in [0.1, 0.15) is 216 Å². The molecule has 8 aliphatic carbocycles. The standard InChI is InChI=1S/C23H31N3O.C17H16F2O.2C17H23NO.C17H18O.C16H22N2O/c1-25-13-15-26(16-14-25)12-11-24-23-17-22(23)20-7-9-21(10-8-20)27-18-19-5-3-2-4-6-19;1-11-7-14(11)15-8-13(18)9-16(19)17(15)20-10-12-5-3-2-4-6-12;2*19-15(10-13-6-4-5-7-13)12-18-17-11-16(17)14-8-2-1-3-9-14;1-13-11-17(13)15-7-9-16(10-8-15)18-12-14-5-3-2-4-6-14;1-12-7-8-18(11-12)16(19)10-17-15-9-14(15)13-5-3-2-4-6-13/h2-10,22-24H,11-18H2,1H3;2-6,8-9,11,14H,7,10H2,1H3;2*1-3,8-9,13,16-18H,4-7,10-12H2;2-10,13,17H,11-12H2,1H3;2-6,12,14-15,17H,7-11H2,1H3/t22-,23+;11-,14-;;;13-,17-;12-,14?,15?/m00..11/s1. The number of likely N-dealkylation sites (tertiary alicyclic amines) is 1. The number of hydrogen-bond acceptors (Lipinski definition) is 12. The first-order chi connectivity index (χ1) is 59.6. The molecule has 13 nitrogen and oxygen atoms in total. The van der Waals surface area contributed by atoms with Crippen molar-refractivity contribution in [2.75, 3.05) is 79.0 Å². The number of carbonyl (C=O) groups excluding carboxylic acids is 3. The van der Waals surface area contributed by atoms with Gasteiger partial charge in [-0.1, -0.05) is 278 Å². The van der Waals surface area contributed by atoms with Crippen molar-refractivity contribution < 1.29 is 37.4 Å². The zero-order valence-corrected chi connectivity index (χ0v) is 72.7. The molecule has 1 amide bonds. The number of halogens is 2. The number of carbonyl (C=O) groups is 3. The molecule has 0 aromatic heterocycles. The van der Waals surface area contributed by atoms with Gasteiger partial charge in [0.2, 0.25) is 5.91 Å². The summed E-state index contributed by atoms with van der Waals surface area (Å²) in [5.41, 5.74) is 11.1. The van der Waals surface area contributed by atoms with E-state index in [2.05, 4.69) is 217 Å². The fourth-order valence-electron chi connectivity index (χ4n) is 18.3. The topological polar surface area (TPSA) is 137 Å². The molecule has 122 heavy (non-hydrogen) atoms. The lowest BCUT2D eigenvalue weighted by Crippen LogP contribution is -2.46.